The summed E-state index contributed by atoms with van der Waals surface area (Å²) in [5.74, 6) is -2.40. The molecule has 0 spiro atoms. The van der Waals surface area contributed by atoms with Crippen LogP contribution >= 0.6 is 7.60 Å². The Morgan fingerprint density at radius 1 is 1.04 bits per heavy atom. The van der Waals surface area contributed by atoms with Crippen LogP contribution < -0.4 is 0 Å². The van der Waals surface area contributed by atoms with Crippen LogP contribution in [0.15, 0.2) is 0 Å². The van der Waals surface area contributed by atoms with E-state index in [-0.39, 0.29) is 5.06 Å². The van der Waals surface area contributed by atoms with Crippen molar-refractivity contribution in [2.24, 2.45) is 10.8 Å². The molecule has 0 bridgehead atoms. The number of aliphatic hydroxyl groups is 1. The van der Waals surface area contributed by atoms with E-state index in [0.717, 1.165) is 0 Å². The van der Waals surface area contributed by atoms with E-state index in [1.165, 1.54) is 0 Å². The van der Waals surface area contributed by atoms with Crippen molar-refractivity contribution in [1.82, 2.24) is 5.06 Å². The Balaban J connectivity index is 2.85. The first kappa shape index (κ1) is 24.5. The average Bonchev–Trinajstić information content (AvgIpc) is 2.81. The van der Waals surface area contributed by atoms with Crippen LogP contribution in [0.4, 0.5) is 0 Å². The Kier molecular flexibility index (Phi) is 7.77. The molecule has 28 heavy (non-hydrogen) atoms. The molecule has 0 aliphatic carbocycles. The number of carbonyl (C=O) groups is 3. The smallest absolute Gasteiger partial charge is 0.349 e. The highest BCUT2D eigenvalue weighted by atomic mass is 31.2. The topological polar surface area (TPSA) is 149 Å². The van der Waals surface area contributed by atoms with E-state index >= 15 is 0 Å². The van der Waals surface area contributed by atoms with Gasteiger partial charge in [0, 0.05) is 6.42 Å². The average molecular weight is 425 g/mol. The Bertz CT molecular complexity index is 615. The van der Waals surface area contributed by atoms with E-state index in [1.54, 1.807) is 41.5 Å². The highest BCUT2D eigenvalue weighted by Gasteiger charge is 2.51. The summed E-state index contributed by atoms with van der Waals surface area (Å²) in [7, 11) is -4.38. The van der Waals surface area contributed by atoms with Gasteiger partial charge in [-0.25, -0.2) is 0 Å². The number of ether oxygens (including phenoxy) is 2. The fourth-order valence-electron chi connectivity index (χ4n) is 1.92. The number of hydroxylamine groups is 2. The van der Waals surface area contributed by atoms with Gasteiger partial charge in [-0.3, -0.25) is 33.2 Å². The van der Waals surface area contributed by atoms with Gasteiger partial charge in [0.25, 0.3) is 5.91 Å². The van der Waals surface area contributed by atoms with Gasteiger partial charge in [0.2, 0.25) is 13.6 Å². The maximum absolute atomic E-state index is 13.1. The monoisotopic (exact) mass is 425 g/mol. The second-order valence-corrected chi connectivity index (χ2v) is 10.5. The number of esters is 2. The molecule has 11 nitrogen and oxygen atoms in total. The first-order chi connectivity index (χ1) is 12.6. The van der Waals surface area contributed by atoms with E-state index in [0.29, 0.717) is 0 Å². The van der Waals surface area contributed by atoms with Gasteiger partial charge in [-0.2, -0.15) is 5.06 Å². The molecule has 0 radical (unpaired) electrons. The van der Waals surface area contributed by atoms with Crippen LogP contribution in [0, 0.1) is 10.8 Å². The summed E-state index contributed by atoms with van der Waals surface area (Å²) in [5.41, 5.74) is -3.26. The van der Waals surface area contributed by atoms with Gasteiger partial charge in [0.05, 0.1) is 10.8 Å². The number of nitrogens with zero attached hydrogens (tertiary/aromatic N) is 1. The maximum atomic E-state index is 13.1. The molecule has 0 aromatic heterocycles. The third kappa shape index (κ3) is 6.25. The lowest BCUT2D eigenvalue weighted by Crippen LogP contribution is -2.32. The van der Waals surface area contributed by atoms with Crippen molar-refractivity contribution in [1.29, 1.82) is 0 Å². The number of rotatable bonds is 7. The molecule has 0 aromatic carbocycles. The van der Waals surface area contributed by atoms with E-state index in [9.17, 15) is 29.3 Å². The number of aliphatic hydroxyl groups excluding tert-OH is 1. The molecule has 162 valence electrons. The van der Waals surface area contributed by atoms with Crippen LogP contribution in [-0.4, -0.2) is 58.7 Å². The fourth-order valence-corrected chi connectivity index (χ4v) is 3.59. The predicted octanol–water partition coefficient (Wildman–Crippen LogP) is 1.61. The SMILES string of the molecule is CC(C)(C)C(=O)OCOP(=O)(OCOC(=O)C(C)(C)C)[C@H]1C[C@H](O)N(O)C1=O. The normalized spacial score (nSPS) is 21.0. The van der Waals surface area contributed by atoms with E-state index in [4.69, 9.17) is 18.5 Å². The van der Waals surface area contributed by atoms with Crippen LogP contribution in [0.1, 0.15) is 48.0 Å². The van der Waals surface area contributed by atoms with Crippen LogP contribution in [0.3, 0.4) is 0 Å². The zero-order valence-corrected chi connectivity index (χ0v) is 17.7. The molecule has 1 aliphatic rings. The van der Waals surface area contributed by atoms with Crippen LogP contribution in [0.25, 0.3) is 0 Å². The summed E-state index contributed by atoms with van der Waals surface area (Å²) in [6.07, 6.45) is -2.06. The minimum atomic E-state index is -4.38. The molecule has 1 rings (SSSR count). The Labute approximate surface area is 163 Å². The maximum Gasteiger partial charge on any atom is 0.349 e. The number of carbonyl (C=O) groups excluding carboxylic acids is 3. The van der Waals surface area contributed by atoms with Gasteiger partial charge in [0.15, 0.2) is 6.23 Å². The van der Waals surface area contributed by atoms with Crippen LogP contribution in [0.2, 0.25) is 0 Å². The first-order valence-corrected chi connectivity index (χ1v) is 10.1. The molecule has 1 saturated heterocycles. The minimum absolute atomic E-state index is 0.00631. The highest BCUT2D eigenvalue weighted by Crippen LogP contribution is 2.57. The van der Waals surface area contributed by atoms with E-state index in [1.807, 2.05) is 0 Å². The highest BCUT2D eigenvalue weighted by molar-refractivity contribution is 7.55. The lowest BCUT2D eigenvalue weighted by atomic mass is 9.98. The lowest BCUT2D eigenvalue weighted by Gasteiger charge is -2.24. The van der Waals surface area contributed by atoms with Gasteiger partial charge in [-0.05, 0) is 41.5 Å². The molecule has 1 aliphatic heterocycles. The number of amides is 1. The molecular weight excluding hydrogens is 397 g/mol. The first-order valence-electron chi connectivity index (χ1n) is 8.53. The zero-order valence-electron chi connectivity index (χ0n) is 16.8. The van der Waals surface area contributed by atoms with Gasteiger partial charge >= 0.3 is 19.5 Å². The third-order valence-corrected chi connectivity index (χ3v) is 5.80. The molecule has 2 N–H and O–H groups in total. The van der Waals surface area contributed by atoms with Crippen molar-refractivity contribution in [2.45, 2.75) is 59.9 Å². The van der Waals surface area contributed by atoms with Gasteiger partial charge in [0.1, 0.15) is 5.66 Å². The summed E-state index contributed by atoms with van der Waals surface area (Å²) >= 11 is 0. The molecule has 1 heterocycles. The zero-order chi connectivity index (χ0) is 21.9. The van der Waals surface area contributed by atoms with Crippen molar-refractivity contribution in [3.8, 4) is 0 Å². The summed E-state index contributed by atoms with van der Waals surface area (Å²) in [6, 6.07) is 0. The molecule has 0 saturated carbocycles. The van der Waals surface area contributed by atoms with Crippen molar-refractivity contribution >= 4 is 25.4 Å². The van der Waals surface area contributed by atoms with Crippen molar-refractivity contribution in [3.05, 3.63) is 0 Å². The van der Waals surface area contributed by atoms with E-state index in [2.05, 4.69) is 0 Å². The number of hydrogen-bond donors (Lipinski definition) is 2. The molecule has 1 fully saturated rings. The number of hydrogen-bond acceptors (Lipinski definition) is 10. The van der Waals surface area contributed by atoms with Crippen LogP contribution in [-0.2, 0) is 37.5 Å². The molecule has 1 amide bonds. The molecule has 2 atom stereocenters. The summed E-state index contributed by atoms with van der Waals surface area (Å²) < 4.78 is 32.9. The summed E-state index contributed by atoms with van der Waals surface area (Å²) in [5, 5.41) is 19.1. The van der Waals surface area contributed by atoms with Gasteiger partial charge < -0.3 is 14.6 Å². The second kappa shape index (κ2) is 8.87. The predicted molar refractivity (Wildman–Crippen MR) is 93.6 cm³/mol. The van der Waals surface area contributed by atoms with Crippen LogP contribution in [0.5, 0.6) is 0 Å². The standard InChI is InChI=1S/C16H28NO10P/c1-15(2,3)13(20)24-8-26-28(23,10-7-11(18)17(22)12(10)19)27-9-25-14(21)16(4,5)6/h10-11,18,22H,7-9H2,1-6H3/t10-,11-/m0/s1. The third-order valence-electron chi connectivity index (χ3n) is 3.68. The van der Waals surface area contributed by atoms with E-state index < -0.39 is 68.2 Å². The molecule has 0 aromatic rings. The Morgan fingerprint density at radius 3 is 1.71 bits per heavy atom. The van der Waals surface area contributed by atoms with Crippen molar-refractivity contribution < 1.29 is 47.8 Å². The summed E-state index contributed by atoms with van der Waals surface area (Å²) in [6.45, 7) is 7.97. The van der Waals surface area contributed by atoms with Crippen molar-refractivity contribution in [2.75, 3.05) is 13.6 Å². The van der Waals surface area contributed by atoms with Crippen molar-refractivity contribution in [3.63, 3.8) is 0 Å². The molecule has 12 heteroatoms. The lowest BCUT2D eigenvalue weighted by molar-refractivity contribution is -0.189. The molecule has 0 unspecified atom stereocenters. The summed E-state index contributed by atoms with van der Waals surface area (Å²) in [4.78, 5) is 35.6. The largest absolute Gasteiger partial charge is 0.438 e. The molecular formula is C16H28NO10P. The Hall–Kier alpha value is -1.52. The fraction of sp³-hybridized carbons (Fsp3) is 0.812. The van der Waals surface area contributed by atoms with Gasteiger partial charge in [-0.15, -0.1) is 0 Å². The second-order valence-electron chi connectivity index (χ2n) is 8.31. The van der Waals surface area contributed by atoms with Gasteiger partial charge in [-0.1, -0.05) is 0 Å². The quantitative estimate of drug-likeness (QED) is 0.267. The Morgan fingerprint density at radius 2 is 1.43 bits per heavy atom. The minimum Gasteiger partial charge on any atom is -0.438 e.